The number of carbonyl (C=O) groups excluding carboxylic acids is 1. The van der Waals surface area contributed by atoms with Crippen molar-refractivity contribution in [2.45, 2.75) is 57.0 Å². The van der Waals surface area contributed by atoms with Crippen molar-refractivity contribution in [2.24, 2.45) is 17.8 Å². The van der Waals surface area contributed by atoms with Gasteiger partial charge in [-0.1, -0.05) is 0 Å². The van der Waals surface area contributed by atoms with Gasteiger partial charge in [-0.25, -0.2) is 0 Å². The van der Waals surface area contributed by atoms with Gasteiger partial charge in [0.2, 0.25) is 5.91 Å². The zero-order valence-electron chi connectivity index (χ0n) is 13.1. The first kappa shape index (κ1) is 14.0. The zero-order valence-corrected chi connectivity index (χ0v) is 13.1. The lowest BCUT2D eigenvalue weighted by molar-refractivity contribution is -0.133. The highest BCUT2D eigenvalue weighted by Gasteiger charge is 2.51. The van der Waals surface area contributed by atoms with Gasteiger partial charge < -0.3 is 10.1 Å². The summed E-state index contributed by atoms with van der Waals surface area (Å²) in [5.41, 5.74) is 0.145. The van der Waals surface area contributed by atoms with Crippen LogP contribution in [0.1, 0.15) is 45.4 Å². The van der Waals surface area contributed by atoms with Crippen molar-refractivity contribution in [3.8, 4) is 0 Å². The molecule has 0 aromatic carbocycles. The maximum Gasteiger partial charge on any atom is 0.237 e. The minimum Gasteiger partial charge on any atom is -0.379 e. The largest absolute Gasteiger partial charge is 0.379 e. The van der Waals surface area contributed by atoms with Crippen molar-refractivity contribution in [1.29, 1.82) is 0 Å². The van der Waals surface area contributed by atoms with E-state index < -0.39 is 0 Å². The van der Waals surface area contributed by atoms with Gasteiger partial charge in [0.25, 0.3) is 0 Å². The second-order valence-electron chi connectivity index (χ2n) is 8.01. The Morgan fingerprint density at radius 3 is 2.14 bits per heavy atom. The minimum absolute atomic E-state index is 0.0121. The van der Waals surface area contributed by atoms with Gasteiger partial charge >= 0.3 is 0 Å². The monoisotopic (exact) mass is 292 g/mol. The highest BCUT2D eigenvalue weighted by atomic mass is 16.5. The minimum atomic E-state index is -0.0121. The normalized spacial score (nSPS) is 43.8. The van der Waals surface area contributed by atoms with E-state index in [2.05, 4.69) is 17.1 Å². The molecule has 0 radical (unpaired) electrons. The molecule has 1 saturated heterocycles. The third-order valence-corrected chi connectivity index (χ3v) is 6.40. The zero-order chi connectivity index (χ0) is 14.4. The molecule has 5 fully saturated rings. The molecule has 0 unspecified atom stereocenters. The molecule has 1 aliphatic heterocycles. The van der Waals surface area contributed by atoms with E-state index >= 15 is 0 Å². The number of rotatable bonds is 3. The van der Waals surface area contributed by atoms with Crippen LogP contribution >= 0.6 is 0 Å². The lowest BCUT2D eigenvalue weighted by Gasteiger charge is -2.57. The number of amides is 1. The van der Waals surface area contributed by atoms with Crippen LogP contribution in [0.25, 0.3) is 0 Å². The molecule has 4 bridgehead atoms. The molecule has 21 heavy (non-hydrogen) atoms. The molecule has 1 atom stereocenters. The van der Waals surface area contributed by atoms with E-state index in [4.69, 9.17) is 4.74 Å². The molecule has 4 saturated carbocycles. The Kier molecular flexibility index (Phi) is 3.49. The Morgan fingerprint density at radius 1 is 1.10 bits per heavy atom. The molecule has 118 valence electrons. The van der Waals surface area contributed by atoms with Gasteiger partial charge in [0.05, 0.1) is 19.3 Å². The average Bonchev–Trinajstić information content (AvgIpc) is 2.45. The maximum absolute atomic E-state index is 12.7. The molecular weight excluding hydrogens is 264 g/mol. The van der Waals surface area contributed by atoms with E-state index in [1.165, 1.54) is 38.5 Å². The predicted octanol–water partition coefficient (Wildman–Crippen LogP) is 1.79. The fourth-order valence-electron chi connectivity index (χ4n) is 5.76. The second kappa shape index (κ2) is 5.24. The van der Waals surface area contributed by atoms with E-state index in [1.807, 2.05) is 0 Å². The van der Waals surface area contributed by atoms with Gasteiger partial charge in [-0.3, -0.25) is 9.69 Å². The standard InChI is InChI=1S/C17H28N2O2/c1-12(19-2-4-21-5-3-19)16(20)18-17-9-13-6-14(10-17)8-15(7-13)11-17/h12-15H,2-11H2,1H3,(H,18,20)/t12-,13?,14?,15?,17?/m1/s1. The van der Waals surface area contributed by atoms with E-state index in [0.717, 1.165) is 44.1 Å². The Morgan fingerprint density at radius 2 is 1.62 bits per heavy atom. The SMILES string of the molecule is C[C@H](C(=O)NC12CC3CC(CC(C3)C1)C2)N1CCOCC1. The Bertz CT molecular complexity index is 382. The number of hydrogen-bond acceptors (Lipinski definition) is 3. The predicted molar refractivity (Wildman–Crippen MR) is 80.9 cm³/mol. The summed E-state index contributed by atoms with van der Waals surface area (Å²) in [5.74, 6) is 2.90. The first-order chi connectivity index (χ1) is 10.1. The fourth-order valence-corrected chi connectivity index (χ4v) is 5.76. The van der Waals surface area contributed by atoms with E-state index in [0.29, 0.717) is 0 Å². The molecule has 4 nitrogen and oxygen atoms in total. The number of morpholine rings is 1. The molecule has 0 spiro atoms. The van der Waals surface area contributed by atoms with E-state index in [9.17, 15) is 4.79 Å². The van der Waals surface area contributed by atoms with Gasteiger partial charge in [0, 0.05) is 18.6 Å². The van der Waals surface area contributed by atoms with Crippen LogP contribution in [0.15, 0.2) is 0 Å². The molecule has 4 aliphatic carbocycles. The van der Waals surface area contributed by atoms with Crippen LogP contribution in [0.4, 0.5) is 0 Å². The van der Waals surface area contributed by atoms with Crippen molar-refractivity contribution in [2.75, 3.05) is 26.3 Å². The van der Waals surface area contributed by atoms with Crippen molar-refractivity contribution in [3.05, 3.63) is 0 Å². The van der Waals surface area contributed by atoms with E-state index in [-0.39, 0.29) is 17.5 Å². The third-order valence-electron chi connectivity index (χ3n) is 6.40. The van der Waals surface area contributed by atoms with Crippen molar-refractivity contribution >= 4 is 5.91 Å². The summed E-state index contributed by atoms with van der Waals surface area (Å²) < 4.78 is 5.39. The van der Waals surface area contributed by atoms with Gasteiger partial charge in [0.1, 0.15) is 0 Å². The van der Waals surface area contributed by atoms with Crippen molar-refractivity contribution < 1.29 is 9.53 Å². The third kappa shape index (κ3) is 2.61. The molecule has 1 amide bonds. The Labute approximate surface area is 127 Å². The lowest BCUT2D eigenvalue weighted by atomic mass is 9.53. The molecule has 0 aromatic rings. The van der Waals surface area contributed by atoms with Crippen LogP contribution < -0.4 is 5.32 Å². The van der Waals surface area contributed by atoms with Gasteiger partial charge in [-0.2, -0.15) is 0 Å². The van der Waals surface area contributed by atoms with Crippen LogP contribution in [-0.4, -0.2) is 48.7 Å². The number of hydrogen-bond donors (Lipinski definition) is 1. The first-order valence-corrected chi connectivity index (χ1v) is 8.77. The number of nitrogens with zero attached hydrogens (tertiary/aromatic N) is 1. The summed E-state index contributed by atoms with van der Waals surface area (Å²) in [6, 6.07) is -0.0121. The summed E-state index contributed by atoms with van der Waals surface area (Å²) in [6.07, 6.45) is 7.98. The summed E-state index contributed by atoms with van der Waals surface area (Å²) in [7, 11) is 0. The quantitative estimate of drug-likeness (QED) is 0.862. The van der Waals surface area contributed by atoms with Crippen LogP contribution in [0.5, 0.6) is 0 Å². The molecule has 1 N–H and O–H groups in total. The van der Waals surface area contributed by atoms with Gasteiger partial charge in [-0.05, 0) is 63.2 Å². The van der Waals surface area contributed by atoms with Gasteiger partial charge in [-0.15, -0.1) is 0 Å². The first-order valence-electron chi connectivity index (χ1n) is 8.77. The average molecular weight is 292 g/mol. The highest BCUT2D eigenvalue weighted by molar-refractivity contribution is 5.82. The molecule has 5 aliphatic rings. The number of ether oxygens (including phenoxy) is 1. The molecular formula is C17H28N2O2. The Hall–Kier alpha value is -0.610. The van der Waals surface area contributed by atoms with Crippen LogP contribution in [0.3, 0.4) is 0 Å². The summed E-state index contributed by atoms with van der Waals surface area (Å²) >= 11 is 0. The fraction of sp³-hybridized carbons (Fsp3) is 0.941. The van der Waals surface area contributed by atoms with Crippen LogP contribution in [0.2, 0.25) is 0 Å². The molecule has 1 heterocycles. The number of nitrogens with one attached hydrogen (secondary N) is 1. The molecule has 5 rings (SSSR count). The van der Waals surface area contributed by atoms with E-state index in [1.54, 1.807) is 0 Å². The second-order valence-corrected chi connectivity index (χ2v) is 8.01. The smallest absolute Gasteiger partial charge is 0.237 e. The maximum atomic E-state index is 12.7. The van der Waals surface area contributed by atoms with Crippen molar-refractivity contribution in [1.82, 2.24) is 10.2 Å². The van der Waals surface area contributed by atoms with Crippen molar-refractivity contribution in [3.63, 3.8) is 0 Å². The van der Waals surface area contributed by atoms with Gasteiger partial charge in [0.15, 0.2) is 0 Å². The van der Waals surface area contributed by atoms with Crippen LogP contribution in [-0.2, 0) is 9.53 Å². The Balaban J connectivity index is 1.42. The lowest BCUT2D eigenvalue weighted by Crippen LogP contribution is -2.62. The summed E-state index contributed by atoms with van der Waals surface area (Å²) in [6.45, 7) is 5.34. The summed E-state index contributed by atoms with van der Waals surface area (Å²) in [4.78, 5) is 15.0. The number of carbonyl (C=O) groups is 1. The molecule has 0 aromatic heterocycles. The highest BCUT2D eigenvalue weighted by Crippen LogP contribution is 2.55. The summed E-state index contributed by atoms with van der Waals surface area (Å²) in [5, 5.41) is 3.50. The topological polar surface area (TPSA) is 41.6 Å². The van der Waals surface area contributed by atoms with Crippen LogP contribution in [0, 0.1) is 17.8 Å². The molecule has 4 heteroatoms.